The number of nitrogens with one attached hydrogen (secondary N) is 1. The van der Waals surface area contributed by atoms with E-state index in [1.807, 2.05) is 0 Å². The van der Waals surface area contributed by atoms with Gasteiger partial charge in [-0.2, -0.15) is 13.2 Å². The fourth-order valence-electron chi connectivity index (χ4n) is 2.07. The van der Waals surface area contributed by atoms with E-state index < -0.39 is 40.2 Å². The molecule has 0 radical (unpaired) electrons. The van der Waals surface area contributed by atoms with E-state index in [4.69, 9.17) is 0 Å². The van der Waals surface area contributed by atoms with E-state index in [0.29, 0.717) is 0 Å². The van der Waals surface area contributed by atoms with Crippen LogP contribution in [-0.2, 0) is 16.2 Å². The molecule has 0 bridgehead atoms. The second kappa shape index (κ2) is 7.11. The molecule has 0 unspecified atom stereocenters. The molecule has 136 valence electrons. The van der Waals surface area contributed by atoms with E-state index >= 15 is 0 Å². The molecule has 0 saturated carbocycles. The molecular formula is C16H15F4NO3S. The normalized spacial score (nSPS) is 13.7. The van der Waals surface area contributed by atoms with E-state index in [9.17, 15) is 31.1 Å². The van der Waals surface area contributed by atoms with Gasteiger partial charge in [-0.15, -0.1) is 0 Å². The first-order valence-electron chi connectivity index (χ1n) is 7.12. The summed E-state index contributed by atoms with van der Waals surface area (Å²) < 4.78 is 77.1. The summed E-state index contributed by atoms with van der Waals surface area (Å²) in [5, 5.41) is 9.95. The molecule has 0 aliphatic carbocycles. The predicted molar refractivity (Wildman–Crippen MR) is 82.7 cm³/mol. The molecular weight excluding hydrogens is 362 g/mol. The molecule has 9 heteroatoms. The van der Waals surface area contributed by atoms with Gasteiger partial charge in [-0.05, 0) is 48.4 Å². The van der Waals surface area contributed by atoms with Crippen molar-refractivity contribution in [2.45, 2.75) is 24.1 Å². The molecule has 1 atom stereocenters. The Hall–Kier alpha value is -1.97. The molecule has 0 fully saturated rings. The number of hydrogen-bond acceptors (Lipinski definition) is 3. The summed E-state index contributed by atoms with van der Waals surface area (Å²) in [5.74, 6) is -0.552. The van der Waals surface area contributed by atoms with Crippen molar-refractivity contribution in [2.75, 3.05) is 6.54 Å². The van der Waals surface area contributed by atoms with Crippen molar-refractivity contribution >= 4 is 10.0 Å². The highest BCUT2D eigenvalue weighted by molar-refractivity contribution is 7.89. The highest BCUT2D eigenvalue weighted by Gasteiger charge is 2.30. The van der Waals surface area contributed by atoms with Crippen molar-refractivity contribution < 1.29 is 31.1 Å². The number of sulfonamides is 1. The molecule has 25 heavy (non-hydrogen) atoms. The van der Waals surface area contributed by atoms with Gasteiger partial charge in [-0.3, -0.25) is 0 Å². The van der Waals surface area contributed by atoms with Crippen LogP contribution >= 0.6 is 0 Å². The van der Waals surface area contributed by atoms with Crippen LogP contribution in [0.3, 0.4) is 0 Å². The lowest BCUT2D eigenvalue weighted by atomic mass is 10.1. The lowest BCUT2D eigenvalue weighted by Crippen LogP contribution is -2.28. The van der Waals surface area contributed by atoms with Gasteiger partial charge >= 0.3 is 6.18 Å². The zero-order chi connectivity index (χ0) is 18.8. The van der Waals surface area contributed by atoms with Crippen LogP contribution in [0.15, 0.2) is 47.4 Å². The topological polar surface area (TPSA) is 66.4 Å². The number of alkyl halides is 3. The van der Waals surface area contributed by atoms with E-state index in [0.717, 1.165) is 42.5 Å². The standard InChI is InChI=1S/C16H15F4NO3S/c1-10-8-13(6-7-14(10)17)25(23,24)21-9-15(22)11-2-4-12(5-3-11)16(18,19)20/h2-8,15,21-22H,9H2,1H3/t15-/m0/s1. The van der Waals surface area contributed by atoms with Gasteiger partial charge in [-0.1, -0.05) is 12.1 Å². The van der Waals surface area contributed by atoms with Crippen molar-refractivity contribution in [3.8, 4) is 0 Å². The van der Waals surface area contributed by atoms with Crippen molar-refractivity contribution in [1.82, 2.24) is 4.72 Å². The second-order valence-corrected chi connectivity index (χ2v) is 7.17. The minimum atomic E-state index is -4.49. The number of rotatable bonds is 5. The summed E-state index contributed by atoms with van der Waals surface area (Å²) in [7, 11) is -3.99. The third-order valence-electron chi connectivity index (χ3n) is 3.53. The second-order valence-electron chi connectivity index (χ2n) is 5.40. The van der Waals surface area contributed by atoms with Gasteiger partial charge in [0, 0.05) is 6.54 Å². The maximum Gasteiger partial charge on any atom is 0.416 e. The maximum absolute atomic E-state index is 13.2. The third kappa shape index (κ3) is 4.77. The highest BCUT2D eigenvalue weighted by Crippen LogP contribution is 2.29. The first-order chi connectivity index (χ1) is 11.5. The van der Waals surface area contributed by atoms with Crippen LogP contribution in [0.4, 0.5) is 17.6 Å². The molecule has 0 spiro atoms. The molecule has 2 rings (SSSR count). The number of aryl methyl sites for hydroxylation is 1. The van der Waals surface area contributed by atoms with Crippen molar-refractivity contribution in [3.63, 3.8) is 0 Å². The summed E-state index contributed by atoms with van der Waals surface area (Å²) in [4.78, 5) is -0.175. The van der Waals surface area contributed by atoms with Gasteiger partial charge in [0.25, 0.3) is 0 Å². The maximum atomic E-state index is 13.2. The van der Waals surface area contributed by atoms with Crippen LogP contribution in [0, 0.1) is 12.7 Å². The Bertz CT molecular complexity index is 849. The zero-order valence-electron chi connectivity index (χ0n) is 13.0. The van der Waals surface area contributed by atoms with Crippen LogP contribution in [0.1, 0.15) is 22.8 Å². The van der Waals surface area contributed by atoms with E-state index in [-0.39, 0.29) is 16.0 Å². The average molecular weight is 377 g/mol. The monoisotopic (exact) mass is 377 g/mol. The Balaban J connectivity index is 2.08. The SMILES string of the molecule is Cc1cc(S(=O)(=O)NC[C@H](O)c2ccc(C(F)(F)F)cc2)ccc1F. The van der Waals surface area contributed by atoms with Gasteiger partial charge in [0.1, 0.15) is 5.82 Å². The molecule has 0 aliphatic rings. The number of hydrogen-bond donors (Lipinski definition) is 2. The van der Waals surface area contributed by atoms with Gasteiger partial charge in [-0.25, -0.2) is 17.5 Å². The average Bonchev–Trinajstić information content (AvgIpc) is 2.54. The largest absolute Gasteiger partial charge is 0.416 e. The first kappa shape index (κ1) is 19.4. The van der Waals surface area contributed by atoms with E-state index in [1.165, 1.54) is 6.92 Å². The Kier molecular flexibility index (Phi) is 5.50. The summed E-state index contributed by atoms with van der Waals surface area (Å²) in [6, 6.07) is 6.98. The molecule has 4 nitrogen and oxygen atoms in total. The summed E-state index contributed by atoms with van der Waals surface area (Å²) in [6.45, 7) is 0.968. The molecule has 2 aromatic rings. The van der Waals surface area contributed by atoms with Crippen molar-refractivity contribution in [2.24, 2.45) is 0 Å². The van der Waals surface area contributed by atoms with Gasteiger partial charge in [0.05, 0.1) is 16.6 Å². The zero-order valence-corrected chi connectivity index (χ0v) is 13.8. The predicted octanol–water partition coefficient (Wildman–Crippen LogP) is 3.16. The minimum absolute atomic E-state index is 0.131. The van der Waals surface area contributed by atoms with E-state index in [2.05, 4.69) is 4.72 Å². The van der Waals surface area contributed by atoms with Gasteiger partial charge in [0.2, 0.25) is 10.0 Å². The number of halogens is 4. The smallest absolute Gasteiger partial charge is 0.387 e. The molecule has 0 aromatic heterocycles. The third-order valence-corrected chi connectivity index (χ3v) is 4.95. The first-order valence-corrected chi connectivity index (χ1v) is 8.60. The molecule has 2 N–H and O–H groups in total. The van der Waals surface area contributed by atoms with Crippen LogP contribution in [0.5, 0.6) is 0 Å². The van der Waals surface area contributed by atoms with E-state index in [1.54, 1.807) is 0 Å². The summed E-state index contributed by atoms with van der Waals surface area (Å²) in [6.07, 6.45) is -5.83. The minimum Gasteiger partial charge on any atom is -0.387 e. The lowest BCUT2D eigenvalue weighted by molar-refractivity contribution is -0.137. The highest BCUT2D eigenvalue weighted by atomic mass is 32.2. The molecule has 0 aliphatic heterocycles. The molecule has 2 aromatic carbocycles. The van der Waals surface area contributed by atoms with Crippen LogP contribution < -0.4 is 4.72 Å². The summed E-state index contributed by atoms with van der Waals surface area (Å²) >= 11 is 0. The lowest BCUT2D eigenvalue weighted by Gasteiger charge is -2.14. The summed E-state index contributed by atoms with van der Waals surface area (Å²) in [5.41, 5.74) is -0.594. The van der Waals surface area contributed by atoms with Crippen LogP contribution in [0.2, 0.25) is 0 Å². The quantitative estimate of drug-likeness (QED) is 0.787. The van der Waals surface area contributed by atoms with Crippen molar-refractivity contribution in [1.29, 1.82) is 0 Å². The van der Waals surface area contributed by atoms with Crippen LogP contribution in [0.25, 0.3) is 0 Å². The Labute approximate surface area is 142 Å². The van der Waals surface area contributed by atoms with Crippen molar-refractivity contribution in [3.05, 3.63) is 65.0 Å². The molecule has 0 amide bonds. The molecule has 0 saturated heterocycles. The van der Waals surface area contributed by atoms with Gasteiger partial charge in [0.15, 0.2) is 0 Å². The Morgan fingerprint density at radius 3 is 2.24 bits per heavy atom. The number of benzene rings is 2. The fraction of sp³-hybridized carbons (Fsp3) is 0.250. The number of aliphatic hydroxyl groups excluding tert-OH is 1. The Morgan fingerprint density at radius 2 is 1.72 bits per heavy atom. The molecule has 0 heterocycles. The fourth-order valence-corrected chi connectivity index (χ4v) is 3.19. The number of aliphatic hydroxyl groups is 1. The Morgan fingerprint density at radius 1 is 1.12 bits per heavy atom. The van der Waals surface area contributed by atoms with Gasteiger partial charge < -0.3 is 5.11 Å². The van der Waals surface area contributed by atoms with Crippen LogP contribution in [-0.4, -0.2) is 20.1 Å².